The zero-order chi connectivity index (χ0) is 22.6. The number of hydrogen-bond donors (Lipinski definition) is 0. The highest BCUT2D eigenvalue weighted by molar-refractivity contribution is 8.14. The van der Waals surface area contributed by atoms with E-state index in [-0.39, 0.29) is 5.41 Å². The molecule has 0 aliphatic carbocycles. The number of rotatable bonds is 6. The Morgan fingerprint density at radius 3 is 2.62 bits per heavy atom. The van der Waals surface area contributed by atoms with Gasteiger partial charge in [0.1, 0.15) is 5.04 Å². The van der Waals surface area contributed by atoms with Crippen molar-refractivity contribution in [1.29, 1.82) is 0 Å². The summed E-state index contributed by atoms with van der Waals surface area (Å²) in [5, 5.41) is 2.01. The first kappa shape index (κ1) is 22.2. The molecule has 2 aromatic carbocycles. The number of aryl methyl sites for hydroxylation is 1. The standard InChI is InChI=1S/C27H29N3OS/c1-20-26(32-17-14-21-8-6-5-7-9-21)28-15-16-30(20)23-11-12-24-22(18-23)10-13-25(29-24)31-19-27(2,3)4/h5-13,15-16,18H,1,14,17,19H2,2-4H3. The number of benzene rings is 2. The van der Waals surface area contributed by atoms with Crippen LogP contribution in [0.15, 0.2) is 90.3 Å². The monoisotopic (exact) mass is 443 g/mol. The van der Waals surface area contributed by atoms with Crippen LogP contribution in [0.4, 0.5) is 5.69 Å². The average Bonchev–Trinajstić information content (AvgIpc) is 2.79. The highest BCUT2D eigenvalue weighted by Gasteiger charge is 2.18. The zero-order valence-corrected chi connectivity index (χ0v) is 19.7. The molecule has 4 rings (SSSR count). The Labute approximate surface area is 194 Å². The molecule has 2 heterocycles. The number of aromatic nitrogens is 1. The summed E-state index contributed by atoms with van der Waals surface area (Å²) in [5.41, 5.74) is 4.28. The molecule has 32 heavy (non-hydrogen) atoms. The Balaban J connectivity index is 1.43. The second-order valence-electron chi connectivity index (χ2n) is 9.01. The van der Waals surface area contributed by atoms with E-state index in [9.17, 15) is 0 Å². The predicted octanol–water partition coefficient (Wildman–Crippen LogP) is 6.84. The maximum Gasteiger partial charge on any atom is 0.213 e. The van der Waals surface area contributed by atoms with Crippen LogP contribution < -0.4 is 9.64 Å². The average molecular weight is 444 g/mol. The highest BCUT2D eigenvalue weighted by atomic mass is 32.2. The fourth-order valence-corrected chi connectivity index (χ4v) is 4.25. The van der Waals surface area contributed by atoms with E-state index in [1.54, 1.807) is 11.8 Å². The summed E-state index contributed by atoms with van der Waals surface area (Å²) in [4.78, 5) is 11.3. The number of hydrogen-bond acceptors (Lipinski definition) is 5. The number of anilines is 1. The molecule has 0 fully saturated rings. The first-order valence-corrected chi connectivity index (χ1v) is 11.8. The molecular formula is C27H29N3OS. The van der Waals surface area contributed by atoms with Gasteiger partial charge in [0, 0.05) is 35.3 Å². The Hall–Kier alpha value is -3.05. The van der Waals surface area contributed by atoms with Gasteiger partial charge < -0.3 is 9.64 Å². The molecule has 0 spiro atoms. The molecule has 0 N–H and O–H groups in total. The number of nitrogens with zero attached hydrogens (tertiary/aromatic N) is 3. The van der Waals surface area contributed by atoms with Gasteiger partial charge in [-0.25, -0.2) is 9.98 Å². The molecule has 5 heteroatoms. The van der Waals surface area contributed by atoms with Crippen LogP contribution in [0, 0.1) is 5.41 Å². The summed E-state index contributed by atoms with van der Waals surface area (Å²) < 4.78 is 5.86. The van der Waals surface area contributed by atoms with Crippen molar-refractivity contribution in [2.45, 2.75) is 27.2 Å². The van der Waals surface area contributed by atoms with E-state index in [0.29, 0.717) is 12.5 Å². The van der Waals surface area contributed by atoms with Crippen LogP contribution in [0.25, 0.3) is 10.9 Å². The van der Waals surface area contributed by atoms with Crippen LogP contribution in [0.2, 0.25) is 0 Å². The first-order valence-electron chi connectivity index (χ1n) is 10.8. The van der Waals surface area contributed by atoms with Crippen LogP contribution >= 0.6 is 11.8 Å². The summed E-state index contributed by atoms with van der Waals surface area (Å²) in [5.74, 6) is 1.62. The Bertz CT molecular complexity index is 1160. The third-order valence-electron chi connectivity index (χ3n) is 5.00. The topological polar surface area (TPSA) is 37.7 Å². The predicted molar refractivity (Wildman–Crippen MR) is 137 cm³/mol. The zero-order valence-electron chi connectivity index (χ0n) is 18.9. The van der Waals surface area contributed by atoms with Crippen LogP contribution in [0.3, 0.4) is 0 Å². The molecule has 0 amide bonds. The lowest BCUT2D eigenvalue weighted by atomic mass is 9.99. The van der Waals surface area contributed by atoms with Gasteiger partial charge in [0.2, 0.25) is 5.88 Å². The summed E-state index contributed by atoms with van der Waals surface area (Å²) in [6, 6.07) is 20.7. The van der Waals surface area contributed by atoms with Crippen molar-refractivity contribution in [3.63, 3.8) is 0 Å². The smallest absolute Gasteiger partial charge is 0.213 e. The van der Waals surface area contributed by atoms with E-state index >= 15 is 0 Å². The summed E-state index contributed by atoms with van der Waals surface area (Å²) in [7, 11) is 0. The van der Waals surface area contributed by atoms with E-state index in [0.717, 1.165) is 39.5 Å². The Kier molecular flexibility index (Phi) is 6.66. The van der Waals surface area contributed by atoms with Crippen molar-refractivity contribution in [3.8, 4) is 5.88 Å². The van der Waals surface area contributed by atoms with Gasteiger partial charge in [0.15, 0.2) is 0 Å². The van der Waals surface area contributed by atoms with E-state index in [1.165, 1.54) is 5.56 Å². The molecule has 1 aliphatic rings. The van der Waals surface area contributed by atoms with Crippen LogP contribution in [-0.2, 0) is 6.42 Å². The van der Waals surface area contributed by atoms with Gasteiger partial charge in [-0.1, -0.05) is 57.7 Å². The maximum absolute atomic E-state index is 5.86. The lowest BCUT2D eigenvalue weighted by Crippen LogP contribution is -2.22. The second kappa shape index (κ2) is 9.61. The van der Waals surface area contributed by atoms with E-state index in [1.807, 2.05) is 30.6 Å². The molecular weight excluding hydrogens is 414 g/mol. The number of pyridine rings is 1. The van der Waals surface area contributed by atoms with Gasteiger partial charge in [0.05, 0.1) is 17.8 Å². The Morgan fingerprint density at radius 1 is 1.03 bits per heavy atom. The van der Waals surface area contributed by atoms with Gasteiger partial charge in [-0.2, -0.15) is 0 Å². The van der Waals surface area contributed by atoms with Crippen molar-refractivity contribution in [3.05, 3.63) is 90.9 Å². The molecule has 1 aliphatic heterocycles. The van der Waals surface area contributed by atoms with Gasteiger partial charge in [-0.3, -0.25) is 0 Å². The van der Waals surface area contributed by atoms with Gasteiger partial charge in [-0.15, -0.1) is 11.8 Å². The van der Waals surface area contributed by atoms with Crippen molar-refractivity contribution in [2.75, 3.05) is 17.3 Å². The first-order chi connectivity index (χ1) is 15.4. The van der Waals surface area contributed by atoms with Crippen molar-refractivity contribution >= 4 is 33.4 Å². The van der Waals surface area contributed by atoms with Crippen molar-refractivity contribution in [1.82, 2.24) is 4.98 Å². The molecule has 164 valence electrons. The largest absolute Gasteiger partial charge is 0.477 e. The van der Waals surface area contributed by atoms with Crippen molar-refractivity contribution in [2.24, 2.45) is 10.4 Å². The summed E-state index contributed by atoms with van der Waals surface area (Å²) in [6.45, 7) is 11.4. The summed E-state index contributed by atoms with van der Waals surface area (Å²) >= 11 is 1.74. The summed E-state index contributed by atoms with van der Waals surface area (Å²) in [6.07, 6.45) is 4.80. The molecule has 0 radical (unpaired) electrons. The molecule has 4 nitrogen and oxygen atoms in total. The Morgan fingerprint density at radius 2 is 1.84 bits per heavy atom. The minimum absolute atomic E-state index is 0.0970. The second-order valence-corrected chi connectivity index (χ2v) is 10.1. The van der Waals surface area contributed by atoms with Gasteiger partial charge >= 0.3 is 0 Å². The fourth-order valence-electron chi connectivity index (χ4n) is 3.32. The van der Waals surface area contributed by atoms with E-state index in [4.69, 9.17) is 4.74 Å². The molecule has 0 unspecified atom stereocenters. The molecule has 0 saturated heterocycles. The normalized spacial score (nSPS) is 14.0. The number of aliphatic imine (C=N–C) groups is 1. The van der Waals surface area contributed by atoms with E-state index in [2.05, 4.69) is 84.7 Å². The lowest BCUT2D eigenvalue weighted by Gasteiger charge is -2.26. The molecule has 1 aromatic heterocycles. The minimum Gasteiger partial charge on any atom is -0.477 e. The fraction of sp³-hybridized carbons (Fsp3) is 0.259. The third kappa shape index (κ3) is 5.60. The highest BCUT2D eigenvalue weighted by Crippen LogP contribution is 2.30. The quantitative estimate of drug-likeness (QED) is 0.418. The van der Waals surface area contributed by atoms with Crippen LogP contribution in [0.1, 0.15) is 26.3 Å². The molecule has 3 aromatic rings. The van der Waals surface area contributed by atoms with Crippen LogP contribution in [-0.4, -0.2) is 22.4 Å². The lowest BCUT2D eigenvalue weighted by molar-refractivity contribution is 0.192. The number of thioether (sulfide) groups is 1. The van der Waals surface area contributed by atoms with E-state index < -0.39 is 0 Å². The van der Waals surface area contributed by atoms with Crippen LogP contribution in [0.5, 0.6) is 5.88 Å². The number of ether oxygens (including phenoxy) is 1. The third-order valence-corrected chi connectivity index (χ3v) is 6.02. The molecule has 0 bridgehead atoms. The van der Waals surface area contributed by atoms with Gasteiger partial charge in [0.25, 0.3) is 0 Å². The number of fused-ring (bicyclic) bond motifs is 1. The molecule has 0 atom stereocenters. The molecule has 0 saturated carbocycles. The maximum atomic E-state index is 5.86. The minimum atomic E-state index is 0.0970. The van der Waals surface area contributed by atoms with Crippen molar-refractivity contribution < 1.29 is 4.74 Å². The SMILES string of the molecule is C=C1C(SCCc2ccccc2)=NC=CN1c1ccc2nc(OCC(C)(C)C)ccc2c1. The van der Waals surface area contributed by atoms with Gasteiger partial charge in [-0.05, 0) is 41.7 Å².